The lowest BCUT2D eigenvalue weighted by Gasteiger charge is -2.39. The van der Waals surface area contributed by atoms with Gasteiger partial charge in [-0.2, -0.15) is 14.4 Å². The molecule has 3 atom stereocenters. The van der Waals surface area contributed by atoms with Gasteiger partial charge in [-0.3, -0.25) is 14.7 Å². The number of pyridine rings is 1. The minimum Gasteiger partial charge on any atom is -0.461 e. The summed E-state index contributed by atoms with van der Waals surface area (Å²) in [7, 11) is 0. The predicted molar refractivity (Wildman–Crippen MR) is 166 cm³/mol. The number of amides is 1. The molecule has 1 aromatic carbocycles. The molecule has 3 aromatic heterocycles. The highest BCUT2D eigenvalue weighted by molar-refractivity contribution is 7.18. The molecule has 0 saturated carbocycles. The van der Waals surface area contributed by atoms with Gasteiger partial charge in [0.1, 0.15) is 35.8 Å². The van der Waals surface area contributed by atoms with Gasteiger partial charge in [-0.1, -0.05) is 24.8 Å². The van der Waals surface area contributed by atoms with E-state index in [4.69, 9.17) is 11.3 Å². The van der Waals surface area contributed by atoms with E-state index in [-0.39, 0.29) is 70.4 Å². The summed E-state index contributed by atoms with van der Waals surface area (Å²) >= 11 is 0.570. The van der Waals surface area contributed by atoms with Gasteiger partial charge in [0.15, 0.2) is 11.6 Å². The lowest BCUT2D eigenvalue weighted by Crippen LogP contribution is -2.56. The number of hydrogen-bond acceptors (Lipinski definition) is 8. The lowest BCUT2D eigenvalue weighted by atomic mass is 9.95. The number of aromatic nitrogens is 3. The van der Waals surface area contributed by atoms with Crippen molar-refractivity contribution in [3.63, 3.8) is 0 Å². The lowest BCUT2D eigenvalue weighted by molar-refractivity contribution is -0.128. The van der Waals surface area contributed by atoms with Gasteiger partial charge in [0.2, 0.25) is 17.6 Å². The first-order chi connectivity index (χ1) is 22.2. The molecule has 0 unspecified atom stereocenters. The Balaban J connectivity index is 1.33. The molecule has 3 aliphatic heterocycles. The van der Waals surface area contributed by atoms with Gasteiger partial charge >= 0.3 is 6.01 Å². The van der Waals surface area contributed by atoms with Crippen LogP contribution in [-0.4, -0.2) is 94.3 Å². The maximum absolute atomic E-state index is 16.6. The van der Waals surface area contributed by atoms with Crippen LogP contribution in [0.15, 0.2) is 37.1 Å². The molecule has 46 heavy (non-hydrogen) atoms. The highest BCUT2D eigenvalue weighted by Crippen LogP contribution is 2.42. The Kier molecular flexibility index (Phi) is 7.76. The quantitative estimate of drug-likeness (QED) is 0.151. The highest BCUT2D eigenvalue weighted by Gasteiger charge is 2.49. The highest BCUT2D eigenvalue weighted by atomic mass is 32.1. The van der Waals surface area contributed by atoms with Crippen molar-refractivity contribution >= 4 is 44.1 Å². The van der Waals surface area contributed by atoms with Gasteiger partial charge < -0.3 is 19.4 Å². The minimum atomic E-state index is -1.01. The average molecular weight is 652 g/mol. The Labute approximate surface area is 265 Å². The largest absolute Gasteiger partial charge is 0.461 e. The van der Waals surface area contributed by atoms with Crippen molar-refractivity contribution in [3.05, 3.63) is 65.2 Å². The molecule has 0 radical (unpaired) electrons. The first-order valence-corrected chi connectivity index (χ1v) is 15.8. The van der Waals surface area contributed by atoms with E-state index in [0.29, 0.717) is 36.7 Å². The molecule has 238 valence electrons. The molecule has 9 nitrogen and oxygen atoms in total. The van der Waals surface area contributed by atoms with Gasteiger partial charge in [-0.15, -0.1) is 11.3 Å². The second kappa shape index (κ2) is 11.8. The zero-order valence-electron chi connectivity index (χ0n) is 24.7. The second-order valence-electron chi connectivity index (χ2n) is 11.9. The van der Waals surface area contributed by atoms with Crippen molar-refractivity contribution in [3.8, 4) is 17.3 Å². The molecule has 4 aromatic rings. The topological polar surface area (TPSA) is 79.1 Å². The molecule has 0 aliphatic carbocycles. The van der Waals surface area contributed by atoms with E-state index >= 15 is 4.39 Å². The van der Waals surface area contributed by atoms with Crippen molar-refractivity contribution in [1.82, 2.24) is 24.8 Å². The molecule has 1 amide bonds. The Hall–Kier alpha value is -4.35. The number of fused-ring (bicyclic) bond motifs is 3. The number of thiophene rings is 1. The summed E-state index contributed by atoms with van der Waals surface area (Å²) in [6.45, 7) is 13.1. The number of benzene rings is 1. The van der Waals surface area contributed by atoms with Crippen LogP contribution in [0.3, 0.4) is 0 Å². The summed E-state index contributed by atoms with van der Waals surface area (Å²) in [6, 6.07) is 3.88. The first kappa shape index (κ1) is 30.3. The van der Waals surface area contributed by atoms with E-state index in [2.05, 4.69) is 31.3 Å². The maximum atomic E-state index is 16.6. The van der Waals surface area contributed by atoms with E-state index in [9.17, 15) is 18.0 Å². The molecular weight excluding hydrogens is 622 g/mol. The molecule has 0 bridgehead atoms. The van der Waals surface area contributed by atoms with Crippen LogP contribution >= 0.6 is 11.3 Å². The van der Waals surface area contributed by atoms with Crippen LogP contribution in [0.5, 0.6) is 6.01 Å². The number of ether oxygens (including phenoxy) is 1. The Morgan fingerprint density at radius 3 is 2.83 bits per heavy atom. The molecule has 14 heteroatoms. The van der Waals surface area contributed by atoms with Gasteiger partial charge in [0, 0.05) is 54.4 Å². The zero-order chi connectivity index (χ0) is 32.2. The normalized spacial score (nSPS) is 23.2. The fourth-order valence-corrected chi connectivity index (χ4v) is 8.05. The molecule has 0 spiro atoms. The van der Waals surface area contributed by atoms with E-state index in [1.807, 2.05) is 4.90 Å². The molecule has 6 heterocycles. The van der Waals surface area contributed by atoms with Crippen LogP contribution < -0.4 is 9.64 Å². The summed E-state index contributed by atoms with van der Waals surface area (Å²) in [5.74, 6) is -1.81. The molecule has 7 rings (SSSR count). The third-order valence-electron chi connectivity index (χ3n) is 9.29. The van der Waals surface area contributed by atoms with Gasteiger partial charge in [-0.25, -0.2) is 19.7 Å². The van der Waals surface area contributed by atoms with Crippen molar-refractivity contribution < 1.29 is 27.1 Å². The van der Waals surface area contributed by atoms with Gasteiger partial charge in [0.25, 0.3) is 0 Å². The summed E-state index contributed by atoms with van der Waals surface area (Å²) in [5, 5.41) is -0.718. The SMILES string of the molecule is [C-]#[N+]C[C@H]1CN(c2nc(OC[C@@]34CCCN3C[C@H](F)C4)nc3c(F)c(-c4cccc5c(F)c(F)sc45)ncc23)CCN1C(=O)C=C. The van der Waals surface area contributed by atoms with Crippen molar-refractivity contribution in [1.29, 1.82) is 0 Å². The van der Waals surface area contributed by atoms with E-state index in [1.54, 1.807) is 11.0 Å². The summed E-state index contributed by atoms with van der Waals surface area (Å²) in [5.41, 5.74) is -0.540. The zero-order valence-corrected chi connectivity index (χ0v) is 25.5. The predicted octanol–water partition coefficient (Wildman–Crippen LogP) is 5.40. The fraction of sp³-hybridized carbons (Fsp3) is 0.406. The Morgan fingerprint density at radius 2 is 2.02 bits per heavy atom. The summed E-state index contributed by atoms with van der Waals surface area (Å²) in [4.78, 5) is 35.1. The first-order valence-electron chi connectivity index (χ1n) is 15.0. The number of nitrogens with zero attached hydrogens (tertiary/aromatic N) is 7. The number of carbonyl (C=O) groups is 1. The molecule has 0 N–H and O–H groups in total. The van der Waals surface area contributed by atoms with Crippen LogP contribution in [0, 0.1) is 23.3 Å². The fourth-order valence-electron chi connectivity index (χ4n) is 7.13. The number of halogens is 4. The summed E-state index contributed by atoms with van der Waals surface area (Å²) < 4.78 is 66.0. The Bertz CT molecular complexity index is 1920. The van der Waals surface area contributed by atoms with Crippen LogP contribution in [0.1, 0.15) is 19.3 Å². The van der Waals surface area contributed by atoms with Crippen LogP contribution in [0.2, 0.25) is 0 Å². The monoisotopic (exact) mass is 651 g/mol. The number of anilines is 1. The van der Waals surface area contributed by atoms with Crippen molar-refractivity contribution in [2.75, 3.05) is 50.8 Å². The number of alkyl halides is 1. The smallest absolute Gasteiger partial charge is 0.319 e. The average Bonchev–Trinajstić information content (AvgIpc) is 3.68. The van der Waals surface area contributed by atoms with Gasteiger partial charge in [0.05, 0.1) is 10.9 Å². The van der Waals surface area contributed by atoms with Gasteiger partial charge in [-0.05, 0) is 25.5 Å². The maximum Gasteiger partial charge on any atom is 0.319 e. The minimum absolute atomic E-state index is 0.0228. The Morgan fingerprint density at radius 1 is 1.17 bits per heavy atom. The standard InChI is InChI=1S/C32H29F4N7O2S/c1-3-23(44)43-11-10-41(16-19(43)13-37-2)30-22-14-38-26(21-7-4-6-20-24(34)29(36)46-28(20)21)25(35)27(22)39-31(40-30)45-17-32-8-5-9-42(32)15-18(33)12-32/h3-4,6-7,14,18-19H,1,5,8-13,15-17H2/t18-,19+,32+/m1/s1. The van der Waals surface area contributed by atoms with Crippen molar-refractivity contribution in [2.45, 2.75) is 37.0 Å². The molecule has 3 saturated heterocycles. The van der Waals surface area contributed by atoms with E-state index < -0.39 is 34.5 Å². The summed E-state index contributed by atoms with van der Waals surface area (Å²) in [6.07, 6.45) is 3.65. The number of hydrogen-bond donors (Lipinski definition) is 0. The number of carbonyl (C=O) groups excluding carboxylic acids is 1. The van der Waals surface area contributed by atoms with E-state index in [0.717, 1.165) is 19.4 Å². The number of rotatable bonds is 7. The van der Waals surface area contributed by atoms with Crippen molar-refractivity contribution in [2.24, 2.45) is 0 Å². The van der Waals surface area contributed by atoms with Crippen LogP contribution in [0.4, 0.5) is 23.4 Å². The third-order valence-corrected chi connectivity index (χ3v) is 10.3. The second-order valence-corrected chi connectivity index (χ2v) is 12.9. The van der Waals surface area contributed by atoms with E-state index in [1.165, 1.54) is 24.4 Å². The molecule has 3 fully saturated rings. The van der Waals surface area contributed by atoms with Crippen LogP contribution in [0.25, 0.3) is 37.1 Å². The van der Waals surface area contributed by atoms with Crippen LogP contribution in [-0.2, 0) is 4.79 Å². The molecule has 3 aliphatic rings. The number of piperazine rings is 1. The third kappa shape index (κ3) is 5.02. The molecular formula is C32H29F4N7O2S.